The summed E-state index contributed by atoms with van der Waals surface area (Å²) in [6.45, 7) is 3.39. The SMILES string of the molecule is CC(C)C1Oc2ccccc2C(=O)N(CC(=O)c2ccccc2)C1=O. The lowest BCUT2D eigenvalue weighted by Gasteiger charge is -2.24. The standard InChI is InChI=1S/C20H19NO4/c1-13(2)18-20(24)21(12-16(22)14-8-4-3-5-9-14)19(23)15-10-6-7-11-17(15)25-18/h3-11,13,18H,12H2,1-2H3. The Balaban J connectivity index is 1.97. The first kappa shape index (κ1) is 16.9. The first-order valence-corrected chi connectivity index (χ1v) is 8.18. The molecule has 3 rings (SSSR count). The third kappa shape index (κ3) is 3.31. The molecule has 0 aliphatic carbocycles. The van der Waals surface area contributed by atoms with Gasteiger partial charge in [0.05, 0.1) is 12.1 Å². The van der Waals surface area contributed by atoms with Crippen LogP contribution in [0.3, 0.4) is 0 Å². The molecule has 25 heavy (non-hydrogen) atoms. The van der Waals surface area contributed by atoms with E-state index in [-0.39, 0.29) is 18.2 Å². The van der Waals surface area contributed by atoms with E-state index in [0.29, 0.717) is 16.9 Å². The van der Waals surface area contributed by atoms with Crippen molar-refractivity contribution >= 4 is 17.6 Å². The number of benzene rings is 2. The predicted octanol–water partition coefficient (Wildman–Crippen LogP) is 2.96. The van der Waals surface area contributed by atoms with Gasteiger partial charge in [-0.05, 0) is 18.1 Å². The third-order valence-corrected chi connectivity index (χ3v) is 4.13. The van der Waals surface area contributed by atoms with Crippen molar-refractivity contribution in [2.45, 2.75) is 20.0 Å². The van der Waals surface area contributed by atoms with Gasteiger partial charge in [0.2, 0.25) is 0 Å². The van der Waals surface area contributed by atoms with Gasteiger partial charge in [-0.3, -0.25) is 19.3 Å². The fourth-order valence-electron chi connectivity index (χ4n) is 2.76. The highest BCUT2D eigenvalue weighted by Crippen LogP contribution is 2.28. The predicted molar refractivity (Wildman–Crippen MR) is 92.5 cm³/mol. The molecule has 2 aromatic carbocycles. The highest BCUT2D eigenvalue weighted by atomic mass is 16.5. The zero-order valence-electron chi connectivity index (χ0n) is 14.1. The second kappa shape index (κ2) is 6.89. The molecule has 1 unspecified atom stereocenters. The summed E-state index contributed by atoms with van der Waals surface area (Å²) in [4.78, 5) is 39.2. The van der Waals surface area contributed by atoms with Crippen LogP contribution in [0.1, 0.15) is 34.6 Å². The average molecular weight is 337 g/mol. The van der Waals surface area contributed by atoms with E-state index in [9.17, 15) is 14.4 Å². The minimum absolute atomic E-state index is 0.138. The van der Waals surface area contributed by atoms with Crippen molar-refractivity contribution in [3.63, 3.8) is 0 Å². The first-order valence-electron chi connectivity index (χ1n) is 8.18. The Morgan fingerprint density at radius 2 is 1.68 bits per heavy atom. The smallest absolute Gasteiger partial charge is 0.271 e. The minimum Gasteiger partial charge on any atom is -0.479 e. The van der Waals surface area contributed by atoms with Crippen LogP contribution in [0, 0.1) is 5.92 Å². The topological polar surface area (TPSA) is 63.7 Å². The van der Waals surface area contributed by atoms with Crippen LogP contribution in [0.4, 0.5) is 0 Å². The molecule has 0 spiro atoms. The maximum Gasteiger partial charge on any atom is 0.271 e. The summed E-state index contributed by atoms with van der Waals surface area (Å²) in [6, 6.07) is 15.3. The summed E-state index contributed by atoms with van der Waals surface area (Å²) in [7, 11) is 0. The molecule has 0 radical (unpaired) electrons. The van der Waals surface area contributed by atoms with Crippen molar-refractivity contribution in [1.29, 1.82) is 0 Å². The van der Waals surface area contributed by atoms with Gasteiger partial charge < -0.3 is 4.74 Å². The van der Waals surface area contributed by atoms with Crippen molar-refractivity contribution in [2.24, 2.45) is 5.92 Å². The van der Waals surface area contributed by atoms with E-state index in [1.54, 1.807) is 54.6 Å². The van der Waals surface area contributed by atoms with Crippen LogP contribution in [-0.4, -0.2) is 35.1 Å². The molecular formula is C20H19NO4. The number of amides is 2. The molecule has 2 aromatic rings. The van der Waals surface area contributed by atoms with Crippen molar-refractivity contribution < 1.29 is 19.1 Å². The average Bonchev–Trinajstić information content (AvgIpc) is 2.73. The Morgan fingerprint density at radius 3 is 2.36 bits per heavy atom. The molecule has 5 nitrogen and oxygen atoms in total. The number of rotatable bonds is 4. The third-order valence-electron chi connectivity index (χ3n) is 4.13. The summed E-state index contributed by atoms with van der Waals surface area (Å²) in [5.41, 5.74) is 0.752. The molecule has 1 aliphatic heterocycles. The maximum absolute atomic E-state index is 12.9. The number of carbonyl (C=O) groups is 3. The number of ether oxygens (including phenoxy) is 1. The van der Waals surface area contributed by atoms with Crippen LogP contribution in [0.15, 0.2) is 54.6 Å². The fourth-order valence-corrected chi connectivity index (χ4v) is 2.76. The molecule has 1 atom stereocenters. The van der Waals surface area contributed by atoms with Crippen molar-refractivity contribution in [2.75, 3.05) is 6.54 Å². The molecule has 1 heterocycles. The quantitative estimate of drug-likeness (QED) is 0.636. The second-order valence-electron chi connectivity index (χ2n) is 6.30. The largest absolute Gasteiger partial charge is 0.479 e. The van der Waals surface area contributed by atoms with Crippen LogP contribution < -0.4 is 4.74 Å². The Labute approximate surface area is 146 Å². The lowest BCUT2D eigenvalue weighted by molar-refractivity contribution is -0.136. The summed E-state index contributed by atoms with van der Waals surface area (Å²) >= 11 is 0. The van der Waals surface area contributed by atoms with Gasteiger partial charge in [-0.1, -0.05) is 56.3 Å². The Bertz CT molecular complexity index is 813. The molecule has 0 fully saturated rings. The zero-order valence-corrected chi connectivity index (χ0v) is 14.1. The maximum atomic E-state index is 12.9. The van der Waals surface area contributed by atoms with Crippen molar-refractivity contribution in [3.05, 3.63) is 65.7 Å². The van der Waals surface area contributed by atoms with Gasteiger partial charge in [-0.15, -0.1) is 0 Å². The number of Topliss-reactive ketones (excluding diaryl/α,β-unsaturated/α-hetero) is 1. The number of carbonyl (C=O) groups excluding carboxylic acids is 3. The molecular weight excluding hydrogens is 318 g/mol. The molecule has 2 amide bonds. The van der Waals surface area contributed by atoms with Gasteiger partial charge in [0.15, 0.2) is 11.9 Å². The van der Waals surface area contributed by atoms with Gasteiger partial charge in [-0.25, -0.2) is 0 Å². The fraction of sp³-hybridized carbons (Fsp3) is 0.250. The normalized spacial score (nSPS) is 17.1. The first-order chi connectivity index (χ1) is 12.0. The highest BCUT2D eigenvalue weighted by molar-refractivity contribution is 6.12. The Morgan fingerprint density at radius 1 is 1.04 bits per heavy atom. The number of imide groups is 1. The summed E-state index contributed by atoms with van der Waals surface area (Å²) in [5.74, 6) is -1.05. The van der Waals surface area contributed by atoms with E-state index in [1.807, 2.05) is 13.8 Å². The molecule has 5 heteroatoms. The van der Waals surface area contributed by atoms with Gasteiger partial charge in [0, 0.05) is 5.56 Å². The molecule has 128 valence electrons. The van der Waals surface area contributed by atoms with E-state index < -0.39 is 17.9 Å². The van der Waals surface area contributed by atoms with Crippen molar-refractivity contribution in [3.8, 4) is 5.75 Å². The van der Waals surface area contributed by atoms with Crippen LogP contribution in [0.5, 0.6) is 5.75 Å². The molecule has 1 aliphatic rings. The molecule has 0 aromatic heterocycles. The van der Waals surface area contributed by atoms with Crippen LogP contribution >= 0.6 is 0 Å². The van der Waals surface area contributed by atoms with Gasteiger partial charge in [0.25, 0.3) is 11.8 Å². The van der Waals surface area contributed by atoms with Crippen molar-refractivity contribution in [1.82, 2.24) is 4.90 Å². The molecule has 0 N–H and O–H groups in total. The highest BCUT2D eigenvalue weighted by Gasteiger charge is 2.38. The summed E-state index contributed by atoms with van der Waals surface area (Å²) in [5, 5.41) is 0. The van der Waals surface area contributed by atoms with Gasteiger partial charge in [0.1, 0.15) is 5.75 Å². The Kier molecular flexibility index (Phi) is 4.65. The number of hydrogen-bond acceptors (Lipinski definition) is 4. The second-order valence-corrected chi connectivity index (χ2v) is 6.30. The number of fused-ring (bicyclic) bond motifs is 1. The van der Waals surface area contributed by atoms with E-state index in [2.05, 4.69) is 0 Å². The van der Waals surface area contributed by atoms with Crippen LogP contribution in [-0.2, 0) is 4.79 Å². The lowest BCUT2D eigenvalue weighted by atomic mass is 10.1. The van der Waals surface area contributed by atoms with E-state index in [1.165, 1.54) is 0 Å². The van der Waals surface area contributed by atoms with Crippen LogP contribution in [0.2, 0.25) is 0 Å². The Hall–Kier alpha value is -2.95. The van der Waals surface area contributed by atoms with E-state index in [4.69, 9.17) is 4.74 Å². The number of ketones is 1. The molecule has 0 saturated heterocycles. The molecule has 0 bridgehead atoms. The van der Waals surface area contributed by atoms with Crippen LogP contribution in [0.25, 0.3) is 0 Å². The van der Waals surface area contributed by atoms with Gasteiger partial charge >= 0.3 is 0 Å². The number of nitrogens with zero attached hydrogens (tertiary/aromatic N) is 1. The number of para-hydroxylation sites is 1. The molecule has 0 saturated carbocycles. The zero-order chi connectivity index (χ0) is 18.0. The lowest BCUT2D eigenvalue weighted by Crippen LogP contribution is -2.47. The monoisotopic (exact) mass is 337 g/mol. The van der Waals surface area contributed by atoms with Gasteiger partial charge in [-0.2, -0.15) is 0 Å². The van der Waals surface area contributed by atoms with E-state index >= 15 is 0 Å². The summed E-state index contributed by atoms with van der Waals surface area (Å²) < 4.78 is 5.80. The minimum atomic E-state index is -0.809. The van der Waals surface area contributed by atoms with E-state index in [0.717, 1.165) is 4.90 Å². The number of hydrogen-bond donors (Lipinski definition) is 0. The summed E-state index contributed by atoms with van der Waals surface area (Å²) in [6.07, 6.45) is -0.809.